The van der Waals surface area contributed by atoms with Gasteiger partial charge in [-0.15, -0.1) is 0 Å². The summed E-state index contributed by atoms with van der Waals surface area (Å²) in [6, 6.07) is 4.78. The summed E-state index contributed by atoms with van der Waals surface area (Å²) in [6.45, 7) is 5.44. The van der Waals surface area contributed by atoms with Gasteiger partial charge < -0.3 is 29.3 Å². The first-order valence-corrected chi connectivity index (χ1v) is 14.0. The van der Waals surface area contributed by atoms with Crippen LogP contribution in [0.5, 0.6) is 0 Å². The van der Waals surface area contributed by atoms with Crippen LogP contribution in [0, 0.1) is 5.41 Å². The van der Waals surface area contributed by atoms with Gasteiger partial charge in [0.1, 0.15) is 24.0 Å². The van der Waals surface area contributed by atoms with E-state index in [2.05, 4.69) is 15.3 Å². The molecule has 15 heteroatoms. The van der Waals surface area contributed by atoms with Crippen molar-refractivity contribution in [2.24, 2.45) is 5.41 Å². The highest BCUT2D eigenvalue weighted by Crippen LogP contribution is 2.26. The topological polar surface area (TPSA) is 164 Å². The largest absolute Gasteiger partial charge is 0.480 e. The normalized spacial score (nSPS) is 12.5. The van der Waals surface area contributed by atoms with Crippen LogP contribution >= 0.6 is 34.8 Å². The van der Waals surface area contributed by atoms with Gasteiger partial charge in [0.05, 0.1) is 12.0 Å². The molecule has 0 aliphatic rings. The second-order valence-corrected chi connectivity index (χ2v) is 13.1. The number of nitrogens with one attached hydrogen (secondary N) is 2. The summed E-state index contributed by atoms with van der Waals surface area (Å²) < 4.78 is 14.3. The number of halogens is 3. The number of ether oxygens (including phenoxy) is 2. The molecule has 3 rings (SSSR count). The number of alkyl halides is 3. The summed E-state index contributed by atoms with van der Waals surface area (Å²) in [5.74, 6) is -0.639. The number of aliphatic carboxylic acids is 1. The summed E-state index contributed by atoms with van der Waals surface area (Å²) in [5, 5.41) is 12.2. The Kier molecular flexibility index (Phi) is 11.1. The summed E-state index contributed by atoms with van der Waals surface area (Å²) in [7, 11) is 0. The van der Waals surface area contributed by atoms with Gasteiger partial charge in [-0.3, -0.25) is 4.79 Å². The standard InChI is InChI=1S/C27H31Cl3N4O8/c1-26(2,3)14-40-24(38)33-19(22(36)37)12-16-6-7-21-18(11-16)20(35)13-17(42-21)5-4-10-34(23-31-8-9-32-23)25(39)41-15-27(28,29)30/h6-9,11,13,19H,4-5,10,12,14-15H2,1-3H3,(H,31,32)(H,33,38)(H,36,37)/t19-/m0/s1. The molecule has 0 unspecified atom stereocenters. The highest BCUT2D eigenvalue weighted by Gasteiger charge is 2.26. The number of rotatable bonds is 11. The van der Waals surface area contributed by atoms with Crippen molar-refractivity contribution in [2.75, 3.05) is 24.7 Å². The van der Waals surface area contributed by atoms with Crippen molar-refractivity contribution in [1.82, 2.24) is 15.3 Å². The predicted octanol–water partition coefficient (Wildman–Crippen LogP) is 5.23. The molecule has 2 amide bonds. The second kappa shape index (κ2) is 14.1. The molecule has 0 fully saturated rings. The Morgan fingerprint density at radius 3 is 2.50 bits per heavy atom. The smallest absolute Gasteiger partial charge is 0.416 e. The number of H-pyrrole nitrogens is 1. The van der Waals surface area contributed by atoms with Crippen molar-refractivity contribution in [3.63, 3.8) is 0 Å². The van der Waals surface area contributed by atoms with Crippen LogP contribution in [0.3, 0.4) is 0 Å². The molecule has 0 radical (unpaired) electrons. The van der Waals surface area contributed by atoms with E-state index in [-0.39, 0.29) is 41.8 Å². The minimum Gasteiger partial charge on any atom is -0.480 e. The summed E-state index contributed by atoms with van der Waals surface area (Å²) >= 11 is 17.0. The maximum absolute atomic E-state index is 12.9. The minimum absolute atomic E-state index is 0.0753. The summed E-state index contributed by atoms with van der Waals surface area (Å²) in [5.41, 5.74) is 0.199. The Balaban J connectivity index is 1.66. The zero-order valence-electron chi connectivity index (χ0n) is 23.1. The van der Waals surface area contributed by atoms with Crippen LogP contribution in [0.15, 0.2) is 45.9 Å². The molecule has 0 bridgehead atoms. The maximum atomic E-state index is 12.9. The first-order chi connectivity index (χ1) is 19.6. The third kappa shape index (κ3) is 10.4. The van der Waals surface area contributed by atoms with Crippen LogP contribution in [0.4, 0.5) is 15.5 Å². The van der Waals surface area contributed by atoms with Crippen LogP contribution in [0.25, 0.3) is 11.0 Å². The van der Waals surface area contributed by atoms with E-state index in [9.17, 15) is 24.3 Å². The molecular formula is C27H31Cl3N4O8. The van der Waals surface area contributed by atoms with Crippen LogP contribution in [-0.2, 0) is 27.1 Å². The number of carboxylic acids is 1. The number of hydrogen-bond acceptors (Lipinski definition) is 8. The molecule has 2 heterocycles. The number of carbonyl (C=O) groups is 3. The van der Waals surface area contributed by atoms with Crippen LogP contribution in [0.1, 0.15) is 38.5 Å². The van der Waals surface area contributed by atoms with Gasteiger partial charge in [-0.2, -0.15) is 0 Å². The third-order valence-corrected chi connectivity index (χ3v) is 5.96. The zero-order chi connectivity index (χ0) is 31.1. The number of hydrogen-bond donors (Lipinski definition) is 3. The molecule has 0 spiro atoms. The van der Waals surface area contributed by atoms with E-state index in [1.807, 2.05) is 20.8 Å². The van der Waals surface area contributed by atoms with Gasteiger partial charge in [0.2, 0.25) is 9.74 Å². The van der Waals surface area contributed by atoms with Crippen LogP contribution < -0.4 is 15.6 Å². The van der Waals surface area contributed by atoms with E-state index in [0.29, 0.717) is 29.7 Å². The molecule has 2 aromatic heterocycles. The lowest BCUT2D eigenvalue weighted by molar-refractivity contribution is -0.139. The number of aromatic nitrogens is 2. The van der Waals surface area contributed by atoms with Crippen LogP contribution in [0.2, 0.25) is 0 Å². The fourth-order valence-corrected chi connectivity index (χ4v) is 3.89. The molecule has 1 aromatic carbocycles. The van der Waals surface area contributed by atoms with Gasteiger partial charge in [-0.1, -0.05) is 61.6 Å². The van der Waals surface area contributed by atoms with Gasteiger partial charge in [0.15, 0.2) is 5.43 Å². The highest BCUT2D eigenvalue weighted by atomic mass is 35.6. The molecule has 1 atom stereocenters. The van der Waals surface area contributed by atoms with Crippen molar-refractivity contribution in [3.05, 3.63) is 58.2 Å². The number of anilines is 1. The Labute approximate surface area is 256 Å². The Bertz CT molecular complexity index is 1450. The Hall–Kier alpha value is -3.48. The molecule has 0 saturated heterocycles. The lowest BCUT2D eigenvalue weighted by Crippen LogP contribution is -2.43. The van der Waals surface area contributed by atoms with E-state index in [0.717, 1.165) is 0 Å². The zero-order valence-corrected chi connectivity index (χ0v) is 25.4. The molecule has 228 valence electrons. The molecule has 0 aliphatic carbocycles. The molecule has 3 N–H and O–H groups in total. The Morgan fingerprint density at radius 2 is 1.88 bits per heavy atom. The van der Waals surface area contributed by atoms with E-state index in [4.69, 9.17) is 48.7 Å². The van der Waals surface area contributed by atoms with Gasteiger partial charge in [0, 0.05) is 37.8 Å². The number of aromatic amines is 1. The lowest BCUT2D eigenvalue weighted by atomic mass is 9.99. The first kappa shape index (κ1) is 33.0. The molecular weight excluding hydrogens is 615 g/mol. The number of fused-ring (bicyclic) bond motifs is 1. The number of aryl methyl sites for hydroxylation is 1. The fourth-order valence-electron chi connectivity index (χ4n) is 3.73. The number of amides is 2. The quantitative estimate of drug-likeness (QED) is 0.237. The molecule has 12 nitrogen and oxygen atoms in total. The van der Waals surface area contributed by atoms with Gasteiger partial charge in [-0.05, 0) is 29.5 Å². The molecule has 0 aliphatic heterocycles. The van der Waals surface area contributed by atoms with Gasteiger partial charge in [-0.25, -0.2) is 24.3 Å². The fraction of sp³-hybridized carbons (Fsp3) is 0.444. The number of benzene rings is 1. The Morgan fingerprint density at radius 1 is 1.14 bits per heavy atom. The average molecular weight is 646 g/mol. The summed E-state index contributed by atoms with van der Waals surface area (Å²) in [6.07, 6.45) is 1.97. The number of carbonyl (C=O) groups excluding carboxylic acids is 2. The van der Waals surface area contributed by atoms with E-state index in [1.54, 1.807) is 12.1 Å². The number of alkyl carbamates (subject to hydrolysis) is 1. The average Bonchev–Trinajstić information content (AvgIpc) is 3.42. The van der Waals surface area contributed by atoms with Crippen molar-refractivity contribution in [2.45, 2.75) is 49.9 Å². The van der Waals surface area contributed by atoms with E-state index < -0.39 is 34.6 Å². The van der Waals surface area contributed by atoms with Crippen molar-refractivity contribution < 1.29 is 33.4 Å². The van der Waals surface area contributed by atoms with Crippen molar-refractivity contribution in [1.29, 1.82) is 0 Å². The third-order valence-electron chi connectivity index (χ3n) is 5.63. The van der Waals surface area contributed by atoms with E-state index >= 15 is 0 Å². The van der Waals surface area contributed by atoms with Gasteiger partial charge >= 0.3 is 18.2 Å². The summed E-state index contributed by atoms with van der Waals surface area (Å²) in [4.78, 5) is 57.4. The predicted molar refractivity (Wildman–Crippen MR) is 157 cm³/mol. The molecule has 3 aromatic rings. The van der Waals surface area contributed by atoms with Gasteiger partial charge in [0.25, 0.3) is 0 Å². The van der Waals surface area contributed by atoms with E-state index in [1.165, 1.54) is 29.4 Å². The lowest BCUT2D eigenvalue weighted by Gasteiger charge is -2.21. The monoisotopic (exact) mass is 644 g/mol. The first-order valence-electron chi connectivity index (χ1n) is 12.8. The van der Waals surface area contributed by atoms with Crippen molar-refractivity contribution >= 4 is 69.9 Å². The molecule has 42 heavy (non-hydrogen) atoms. The minimum atomic E-state index is -1.78. The van der Waals surface area contributed by atoms with Crippen LogP contribution in [-0.4, -0.2) is 62.8 Å². The maximum Gasteiger partial charge on any atom is 0.416 e. The number of imidazole rings is 1. The number of carboxylic acid groups (broad SMARTS) is 1. The number of nitrogens with zero attached hydrogens (tertiary/aromatic N) is 2. The molecule has 0 saturated carbocycles. The van der Waals surface area contributed by atoms with Crippen molar-refractivity contribution in [3.8, 4) is 0 Å². The SMILES string of the molecule is CC(C)(C)COC(=O)N[C@@H](Cc1ccc2oc(CCCN(C(=O)OCC(Cl)(Cl)Cl)c3ncc[nH]3)cc(=O)c2c1)C(=O)O. The highest BCUT2D eigenvalue weighted by molar-refractivity contribution is 6.67. The second-order valence-electron chi connectivity index (χ2n) is 10.6.